The predicted molar refractivity (Wildman–Crippen MR) is 68.5 cm³/mol. The monoisotopic (exact) mass is 226 g/mol. The first kappa shape index (κ1) is 12.9. The third-order valence-corrected chi connectivity index (χ3v) is 4.38. The van der Waals surface area contributed by atoms with E-state index in [9.17, 15) is 0 Å². The van der Waals surface area contributed by atoms with Gasteiger partial charge in [0.25, 0.3) is 0 Å². The second kappa shape index (κ2) is 8.04. The Morgan fingerprint density at radius 3 is 2.73 bits per heavy atom. The van der Waals surface area contributed by atoms with Gasteiger partial charge in [-0.15, -0.1) is 11.8 Å². The number of hydrazine groups is 1. The van der Waals surface area contributed by atoms with Gasteiger partial charge in [-0.05, 0) is 19.8 Å². The second-order valence-corrected chi connectivity index (χ2v) is 5.42. The largest absolute Gasteiger partial charge is 0.271 e. The highest BCUT2D eigenvalue weighted by Crippen LogP contribution is 2.28. The molecule has 0 aliphatic heterocycles. The smallest absolute Gasteiger partial charge is 0.0410 e. The summed E-state index contributed by atoms with van der Waals surface area (Å²) in [4.78, 5) is 0. The van der Waals surface area contributed by atoms with Crippen molar-refractivity contribution in [2.45, 2.75) is 56.7 Å². The van der Waals surface area contributed by atoms with Crippen LogP contribution >= 0.6 is 11.8 Å². The molecule has 0 radical (unpaired) electrons. The van der Waals surface area contributed by atoms with Gasteiger partial charge in [0.1, 0.15) is 0 Å². The predicted octanol–water partition coefficient (Wildman–Crippen LogP) is 2.30. The number of hydrogen-bond acceptors (Lipinski definition) is 3. The van der Waals surface area contributed by atoms with E-state index >= 15 is 0 Å². The van der Waals surface area contributed by atoms with Crippen LogP contribution in [0.4, 0.5) is 0 Å². The van der Waals surface area contributed by atoms with Gasteiger partial charge in [-0.3, -0.25) is 11.3 Å². The van der Waals surface area contributed by atoms with Crippen LogP contribution in [-0.2, 0) is 0 Å². The van der Waals surface area contributed by atoms with Crippen LogP contribution in [0.2, 0.25) is 0 Å². The third kappa shape index (κ3) is 5.46. The minimum Gasteiger partial charge on any atom is -0.271 e. The quantitative estimate of drug-likeness (QED) is 0.429. The van der Waals surface area contributed by atoms with Crippen molar-refractivity contribution in [1.82, 2.24) is 5.43 Å². The van der Waals surface area contributed by atoms with E-state index in [1.54, 1.807) is 0 Å². The van der Waals surface area contributed by atoms with E-state index in [1.165, 1.54) is 32.1 Å². The molecule has 0 spiro atoms. The van der Waals surface area contributed by atoms with Crippen molar-refractivity contribution >= 4 is 11.8 Å². The van der Waals surface area contributed by atoms with Gasteiger partial charge < -0.3 is 0 Å². The number of thioether (sulfide) groups is 1. The minimum atomic E-state index is 0.351. The van der Waals surface area contributed by atoms with Crippen molar-refractivity contribution in [3.05, 3.63) is 0 Å². The molecule has 1 saturated carbocycles. The van der Waals surface area contributed by atoms with Crippen LogP contribution in [0.1, 0.15) is 45.4 Å². The van der Waals surface area contributed by atoms with Crippen molar-refractivity contribution < 1.29 is 0 Å². The summed E-state index contributed by atoms with van der Waals surface area (Å²) >= 11 is 2.07. The molecule has 0 aromatic heterocycles. The molecule has 0 heterocycles. The van der Waals surface area contributed by atoms with Gasteiger partial charge in [-0.1, -0.05) is 19.3 Å². The van der Waals surface area contributed by atoms with Crippen LogP contribution < -0.4 is 11.3 Å². The van der Waals surface area contributed by atoms with Crippen LogP contribution in [-0.4, -0.2) is 17.0 Å². The Morgan fingerprint density at radius 1 is 1.40 bits per heavy atom. The molecule has 0 saturated heterocycles. The van der Waals surface area contributed by atoms with Gasteiger partial charge >= 0.3 is 0 Å². The topological polar surface area (TPSA) is 38.0 Å². The summed E-state index contributed by atoms with van der Waals surface area (Å²) in [6.45, 7) is 1.88. The average Bonchev–Trinajstić information content (AvgIpc) is 2.31. The molecule has 1 atom stereocenters. The van der Waals surface area contributed by atoms with Crippen LogP contribution in [0, 0.1) is 11.8 Å². The zero-order valence-corrected chi connectivity index (χ0v) is 10.4. The highest BCUT2D eigenvalue weighted by Gasteiger charge is 2.15. The van der Waals surface area contributed by atoms with Crippen LogP contribution in [0.3, 0.4) is 0 Å². The average molecular weight is 226 g/mol. The summed E-state index contributed by atoms with van der Waals surface area (Å²) in [5, 5.41) is 0.865. The number of nitrogens with one attached hydrogen (secondary N) is 1. The summed E-state index contributed by atoms with van der Waals surface area (Å²) in [6, 6.07) is 0.351. The van der Waals surface area contributed by atoms with E-state index in [0.29, 0.717) is 6.04 Å². The Hall–Kier alpha value is -0.170. The van der Waals surface area contributed by atoms with Crippen molar-refractivity contribution in [3.63, 3.8) is 0 Å². The van der Waals surface area contributed by atoms with Crippen molar-refractivity contribution in [3.8, 4) is 11.8 Å². The Balaban J connectivity index is 2.16. The van der Waals surface area contributed by atoms with Gasteiger partial charge in [-0.2, -0.15) is 11.8 Å². The Morgan fingerprint density at radius 2 is 2.13 bits per heavy atom. The Labute approximate surface area is 97.7 Å². The van der Waals surface area contributed by atoms with Crippen molar-refractivity contribution in [1.29, 1.82) is 0 Å². The lowest BCUT2D eigenvalue weighted by Crippen LogP contribution is -2.37. The normalized spacial score (nSPS) is 19.3. The highest BCUT2D eigenvalue weighted by molar-refractivity contribution is 7.99. The Kier molecular flexibility index (Phi) is 6.91. The van der Waals surface area contributed by atoms with Crippen LogP contribution in [0.5, 0.6) is 0 Å². The van der Waals surface area contributed by atoms with Crippen molar-refractivity contribution in [2.75, 3.05) is 5.75 Å². The second-order valence-electron chi connectivity index (χ2n) is 4.09. The lowest BCUT2D eigenvalue weighted by atomic mass is 10.0. The molecule has 0 aromatic rings. The summed E-state index contributed by atoms with van der Waals surface area (Å²) in [6.07, 6.45) is 7.90. The molecule has 1 aliphatic rings. The molecule has 1 aliphatic carbocycles. The lowest BCUT2D eigenvalue weighted by molar-refractivity contribution is 0.513. The van der Waals surface area contributed by atoms with Crippen LogP contribution in [0.15, 0.2) is 0 Å². The standard InChI is InChI=1S/C12H22N2S/c1-2-3-7-11(14-13)10-15-12-8-5-4-6-9-12/h11-12,14H,4-10,13H2,1H3. The zero-order chi connectivity index (χ0) is 10.9. The molecule has 1 fully saturated rings. The Bertz CT molecular complexity index is 213. The summed E-state index contributed by atoms with van der Waals surface area (Å²) in [5.74, 6) is 12.6. The molecule has 1 rings (SSSR count). The maximum atomic E-state index is 5.50. The molecule has 0 amide bonds. The lowest BCUT2D eigenvalue weighted by Gasteiger charge is -2.23. The molecule has 3 heteroatoms. The van der Waals surface area contributed by atoms with Gasteiger partial charge in [-0.25, -0.2) is 0 Å². The summed E-state index contributed by atoms with van der Waals surface area (Å²) in [5.41, 5.74) is 2.85. The fraction of sp³-hybridized carbons (Fsp3) is 0.833. The number of nitrogens with two attached hydrogens (primary N) is 1. The van der Waals surface area contributed by atoms with E-state index in [-0.39, 0.29) is 0 Å². The molecular weight excluding hydrogens is 204 g/mol. The minimum absolute atomic E-state index is 0.351. The SMILES string of the molecule is CC#CCC(CSC1CCCCC1)NN. The first-order chi connectivity index (χ1) is 7.36. The number of hydrogen-bond donors (Lipinski definition) is 2. The molecule has 3 N–H and O–H groups in total. The van der Waals surface area contributed by atoms with Gasteiger partial charge in [0.15, 0.2) is 0 Å². The van der Waals surface area contributed by atoms with E-state index in [0.717, 1.165) is 17.4 Å². The molecular formula is C12H22N2S. The molecule has 0 aromatic carbocycles. The first-order valence-electron chi connectivity index (χ1n) is 5.84. The molecule has 0 bridgehead atoms. The fourth-order valence-corrected chi connectivity index (χ4v) is 3.26. The summed E-state index contributed by atoms with van der Waals surface area (Å²) in [7, 11) is 0. The van der Waals surface area contributed by atoms with E-state index in [4.69, 9.17) is 5.84 Å². The molecule has 2 nitrogen and oxygen atoms in total. The van der Waals surface area contributed by atoms with E-state index in [1.807, 2.05) is 6.92 Å². The van der Waals surface area contributed by atoms with E-state index < -0.39 is 0 Å². The fourth-order valence-electron chi connectivity index (χ4n) is 1.88. The molecule has 86 valence electrons. The summed E-state index contributed by atoms with van der Waals surface area (Å²) < 4.78 is 0. The third-order valence-electron chi connectivity index (χ3n) is 2.85. The highest BCUT2D eigenvalue weighted by atomic mass is 32.2. The number of rotatable bonds is 5. The van der Waals surface area contributed by atoms with Gasteiger partial charge in [0.2, 0.25) is 0 Å². The first-order valence-corrected chi connectivity index (χ1v) is 6.89. The maximum Gasteiger partial charge on any atom is 0.0410 e. The van der Waals surface area contributed by atoms with Crippen LogP contribution in [0.25, 0.3) is 0 Å². The molecule has 1 unspecified atom stereocenters. The van der Waals surface area contributed by atoms with Gasteiger partial charge in [0.05, 0.1) is 0 Å². The van der Waals surface area contributed by atoms with Crippen molar-refractivity contribution in [2.24, 2.45) is 5.84 Å². The maximum absolute atomic E-state index is 5.50. The molecule has 15 heavy (non-hydrogen) atoms. The van der Waals surface area contributed by atoms with Gasteiger partial charge in [0, 0.05) is 23.5 Å². The zero-order valence-electron chi connectivity index (χ0n) is 9.59. The van der Waals surface area contributed by atoms with E-state index in [2.05, 4.69) is 29.0 Å².